The zero-order chi connectivity index (χ0) is 14.5. The lowest BCUT2D eigenvalue weighted by molar-refractivity contribution is 0.102. The van der Waals surface area contributed by atoms with Crippen molar-refractivity contribution in [3.05, 3.63) is 41.5 Å². The standard InChI is InChI=1S/C15H19N3O2/c1-4-9-18-14(12(20-3)10-17-18)15(19)13-11(5-2)7-6-8-16-13/h6-8,10H,4-5,9H2,1-3H3. The number of hydrogen-bond donors (Lipinski definition) is 0. The molecule has 20 heavy (non-hydrogen) atoms. The molecule has 5 heteroatoms. The molecule has 0 saturated carbocycles. The van der Waals surface area contributed by atoms with Crippen LogP contribution in [0.15, 0.2) is 24.5 Å². The van der Waals surface area contributed by atoms with Crippen LogP contribution in [-0.2, 0) is 13.0 Å². The van der Waals surface area contributed by atoms with Crippen molar-refractivity contribution in [1.82, 2.24) is 14.8 Å². The van der Waals surface area contributed by atoms with Crippen LogP contribution >= 0.6 is 0 Å². The van der Waals surface area contributed by atoms with Crippen molar-refractivity contribution < 1.29 is 9.53 Å². The minimum Gasteiger partial charge on any atom is -0.493 e. The summed E-state index contributed by atoms with van der Waals surface area (Å²) in [6.45, 7) is 4.73. The third-order valence-electron chi connectivity index (χ3n) is 3.16. The van der Waals surface area contributed by atoms with Gasteiger partial charge in [0.1, 0.15) is 5.69 Å². The Morgan fingerprint density at radius 2 is 2.20 bits per heavy atom. The summed E-state index contributed by atoms with van der Waals surface area (Å²) in [5, 5.41) is 4.22. The molecule has 2 aromatic heterocycles. The summed E-state index contributed by atoms with van der Waals surface area (Å²) >= 11 is 0. The first-order valence-electron chi connectivity index (χ1n) is 6.81. The molecule has 0 aromatic carbocycles. The molecule has 5 nitrogen and oxygen atoms in total. The van der Waals surface area contributed by atoms with E-state index in [1.54, 1.807) is 24.2 Å². The summed E-state index contributed by atoms with van der Waals surface area (Å²) in [7, 11) is 1.54. The molecule has 0 spiro atoms. The average Bonchev–Trinajstić information content (AvgIpc) is 2.89. The lowest BCUT2D eigenvalue weighted by atomic mass is 10.1. The number of pyridine rings is 1. The molecule has 0 aliphatic carbocycles. The number of rotatable bonds is 6. The molecule has 0 aliphatic heterocycles. The second-order valence-electron chi connectivity index (χ2n) is 4.48. The maximum Gasteiger partial charge on any atom is 0.233 e. The molecule has 2 rings (SSSR count). The van der Waals surface area contributed by atoms with Gasteiger partial charge in [-0.1, -0.05) is 19.9 Å². The fourth-order valence-electron chi connectivity index (χ4n) is 2.17. The molecular weight excluding hydrogens is 254 g/mol. The van der Waals surface area contributed by atoms with Crippen molar-refractivity contribution in [3.63, 3.8) is 0 Å². The molecule has 0 aliphatic rings. The zero-order valence-electron chi connectivity index (χ0n) is 12.1. The third-order valence-corrected chi connectivity index (χ3v) is 3.16. The van der Waals surface area contributed by atoms with Gasteiger partial charge in [-0.25, -0.2) is 0 Å². The van der Waals surface area contributed by atoms with Crippen LogP contribution in [0, 0.1) is 0 Å². The second-order valence-corrected chi connectivity index (χ2v) is 4.48. The minimum absolute atomic E-state index is 0.134. The van der Waals surface area contributed by atoms with Crippen LogP contribution in [0.3, 0.4) is 0 Å². The number of methoxy groups -OCH3 is 1. The van der Waals surface area contributed by atoms with Gasteiger partial charge in [-0.2, -0.15) is 5.10 Å². The summed E-state index contributed by atoms with van der Waals surface area (Å²) in [6, 6.07) is 3.77. The molecule has 106 valence electrons. The number of hydrogen-bond acceptors (Lipinski definition) is 4. The monoisotopic (exact) mass is 273 g/mol. The Balaban J connectivity index is 2.49. The Morgan fingerprint density at radius 1 is 1.40 bits per heavy atom. The first kappa shape index (κ1) is 14.2. The van der Waals surface area contributed by atoms with Gasteiger partial charge in [-0.3, -0.25) is 14.5 Å². The van der Waals surface area contributed by atoms with E-state index < -0.39 is 0 Å². The Bertz CT molecular complexity index is 605. The van der Waals surface area contributed by atoms with Gasteiger partial charge in [0.2, 0.25) is 5.78 Å². The van der Waals surface area contributed by atoms with Crippen molar-refractivity contribution in [1.29, 1.82) is 0 Å². The van der Waals surface area contributed by atoms with Crippen LogP contribution in [0.5, 0.6) is 5.75 Å². The van der Waals surface area contributed by atoms with Crippen molar-refractivity contribution in [3.8, 4) is 5.75 Å². The molecule has 0 N–H and O–H groups in total. The summed E-state index contributed by atoms with van der Waals surface area (Å²) < 4.78 is 6.95. The van der Waals surface area contributed by atoms with Crippen LogP contribution in [0.4, 0.5) is 0 Å². The highest BCUT2D eigenvalue weighted by Crippen LogP contribution is 2.22. The van der Waals surface area contributed by atoms with Gasteiger partial charge >= 0.3 is 0 Å². The van der Waals surface area contributed by atoms with Gasteiger partial charge < -0.3 is 4.74 Å². The predicted molar refractivity (Wildman–Crippen MR) is 76.1 cm³/mol. The molecular formula is C15H19N3O2. The van der Waals surface area contributed by atoms with Crippen molar-refractivity contribution >= 4 is 5.78 Å². The Labute approximate surface area is 118 Å². The van der Waals surface area contributed by atoms with Gasteiger partial charge in [0.05, 0.1) is 13.3 Å². The topological polar surface area (TPSA) is 57.0 Å². The average molecular weight is 273 g/mol. The minimum atomic E-state index is -0.134. The Kier molecular flexibility index (Phi) is 4.50. The number of aryl methyl sites for hydroxylation is 2. The van der Waals surface area contributed by atoms with Crippen molar-refractivity contribution in [2.45, 2.75) is 33.2 Å². The first-order chi connectivity index (χ1) is 9.72. The normalized spacial score (nSPS) is 10.6. The molecule has 0 radical (unpaired) electrons. The molecule has 2 aromatic rings. The third kappa shape index (κ3) is 2.57. The summed E-state index contributed by atoms with van der Waals surface area (Å²) in [6.07, 6.45) is 4.88. The van der Waals surface area contributed by atoms with E-state index in [4.69, 9.17) is 4.74 Å². The van der Waals surface area contributed by atoms with E-state index >= 15 is 0 Å². The van der Waals surface area contributed by atoms with Crippen LogP contribution in [0.2, 0.25) is 0 Å². The molecule has 2 heterocycles. The van der Waals surface area contributed by atoms with Crippen LogP contribution in [-0.4, -0.2) is 27.7 Å². The van der Waals surface area contributed by atoms with E-state index in [-0.39, 0.29) is 5.78 Å². The van der Waals surface area contributed by atoms with E-state index in [9.17, 15) is 4.79 Å². The van der Waals surface area contributed by atoms with E-state index in [2.05, 4.69) is 10.1 Å². The summed E-state index contributed by atoms with van der Waals surface area (Å²) in [4.78, 5) is 17.0. The molecule has 0 unspecified atom stereocenters. The highest BCUT2D eigenvalue weighted by molar-refractivity contribution is 6.09. The molecule has 0 saturated heterocycles. The van der Waals surface area contributed by atoms with Gasteiger partial charge in [0, 0.05) is 12.7 Å². The van der Waals surface area contributed by atoms with Gasteiger partial charge in [0.25, 0.3) is 0 Å². The van der Waals surface area contributed by atoms with Crippen LogP contribution in [0.25, 0.3) is 0 Å². The maximum atomic E-state index is 12.8. The number of carbonyl (C=O) groups excluding carboxylic acids is 1. The molecule has 0 amide bonds. The lowest BCUT2D eigenvalue weighted by Gasteiger charge is -2.09. The van der Waals surface area contributed by atoms with Crippen LogP contribution in [0.1, 0.15) is 42.0 Å². The van der Waals surface area contributed by atoms with E-state index in [1.165, 1.54) is 0 Å². The van der Waals surface area contributed by atoms with E-state index in [0.29, 0.717) is 23.7 Å². The number of carbonyl (C=O) groups is 1. The van der Waals surface area contributed by atoms with E-state index in [0.717, 1.165) is 18.4 Å². The summed E-state index contributed by atoms with van der Waals surface area (Å²) in [5.74, 6) is 0.362. The number of aromatic nitrogens is 3. The number of nitrogens with zero attached hydrogens (tertiary/aromatic N) is 3. The fourth-order valence-corrected chi connectivity index (χ4v) is 2.17. The number of ether oxygens (including phenoxy) is 1. The highest BCUT2D eigenvalue weighted by atomic mass is 16.5. The Morgan fingerprint density at radius 3 is 2.85 bits per heavy atom. The smallest absolute Gasteiger partial charge is 0.233 e. The van der Waals surface area contributed by atoms with Crippen molar-refractivity contribution in [2.75, 3.05) is 7.11 Å². The first-order valence-corrected chi connectivity index (χ1v) is 6.81. The Hall–Kier alpha value is -2.17. The van der Waals surface area contributed by atoms with Crippen LogP contribution < -0.4 is 4.74 Å². The predicted octanol–water partition coefficient (Wildman–Crippen LogP) is 2.49. The van der Waals surface area contributed by atoms with Gasteiger partial charge in [-0.15, -0.1) is 0 Å². The van der Waals surface area contributed by atoms with Gasteiger partial charge in [0.15, 0.2) is 11.4 Å². The molecule has 0 bridgehead atoms. The molecule has 0 atom stereocenters. The summed E-state index contributed by atoms with van der Waals surface area (Å²) in [5.41, 5.74) is 1.89. The fraction of sp³-hybridized carbons (Fsp3) is 0.400. The largest absolute Gasteiger partial charge is 0.493 e. The SMILES string of the molecule is CCCn1ncc(OC)c1C(=O)c1ncccc1CC. The van der Waals surface area contributed by atoms with E-state index in [1.807, 2.05) is 26.0 Å². The molecule has 0 fully saturated rings. The maximum absolute atomic E-state index is 12.8. The zero-order valence-corrected chi connectivity index (χ0v) is 12.1. The number of ketones is 1. The van der Waals surface area contributed by atoms with Crippen molar-refractivity contribution in [2.24, 2.45) is 0 Å². The quantitative estimate of drug-likeness (QED) is 0.759. The second kappa shape index (κ2) is 6.32. The lowest BCUT2D eigenvalue weighted by Crippen LogP contribution is -2.15. The van der Waals surface area contributed by atoms with Gasteiger partial charge in [-0.05, 0) is 24.5 Å². The highest BCUT2D eigenvalue weighted by Gasteiger charge is 2.23.